The van der Waals surface area contributed by atoms with E-state index in [4.69, 9.17) is 9.84 Å². The van der Waals surface area contributed by atoms with E-state index in [1.165, 1.54) is 10.1 Å². The molecular formula is C15H18N2O3S. The number of piperidine rings is 1. The Balaban J connectivity index is 1.58. The van der Waals surface area contributed by atoms with E-state index in [1.807, 2.05) is 12.3 Å². The van der Waals surface area contributed by atoms with Gasteiger partial charge in [-0.1, -0.05) is 0 Å². The molecule has 1 aliphatic heterocycles. The van der Waals surface area contributed by atoms with Crippen molar-refractivity contribution in [2.45, 2.75) is 25.4 Å². The molecule has 0 spiro atoms. The highest BCUT2D eigenvalue weighted by Gasteiger charge is 2.22. The number of pyridine rings is 1. The van der Waals surface area contributed by atoms with Crippen molar-refractivity contribution < 1.29 is 14.6 Å². The molecule has 0 saturated carbocycles. The van der Waals surface area contributed by atoms with Gasteiger partial charge in [0.25, 0.3) is 0 Å². The van der Waals surface area contributed by atoms with E-state index in [2.05, 4.69) is 21.3 Å². The van der Waals surface area contributed by atoms with Crippen LogP contribution in [0.1, 0.15) is 19.3 Å². The molecule has 0 bridgehead atoms. The lowest BCUT2D eigenvalue weighted by molar-refractivity contribution is -0.138. The highest BCUT2D eigenvalue weighted by Crippen LogP contribution is 2.30. The molecule has 3 heterocycles. The van der Waals surface area contributed by atoms with Gasteiger partial charge in [-0.05, 0) is 30.4 Å². The van der Waals surface area contributed by atoms with Crippen molar-refractivity contribution >= 4 is 33.2 Å². The predicted octanol–water partition coefficient (Wildman–Crippen LogP) is 2.76. The van der Waals surface area contributed by atoms with E-state index in [-0.39, 0.29) is 12.5 Å². The molecule has 2 aromatic rings. The lowest BCUT2D eigenvalue weighted by Crippen LogP contribution is -2.37. The van der Waals surface area contributed by atoms with Gasteiger partial charge in [0.2, 0.25) is 0 Å². The van der Waals surface area contributed by atoms with E-state index in [0.29, 0.717) is 6.61 Å². The van der Waals surface area contributed by atoms with E-state index in [1.54, 1.807) is 11.3 Å². The number of anilines is 1. The summed E-state index contributed by atoms with van der Waals surface area (Å²) >= 11 is 1.73. The standard InChI is InChI=1S/C15H18N2O3S/c18-14(19)4-9-20-11-2-7-17(8-3-11)15-12-5-10-21-13(12)1-6-16-15/h1,5-6,10-11H,2-4,7-9H2,(H,18,19). The van der Waals surface area contributed by atoms with Gasteiger partial charge in [0.1, 0.15) is 5.82 Å². The molecule has 3 rings (SSSR count). The summed E-state index contributed by atoms with van der Waals surface area (Å²) in [6.45, 7) is 2.11. The van der Waals surface area contributed by atoms with Gasteiger partial charge in [0.15, 0.2) is 0 Å². The zero-order valence-corrected chi connectivity index (χ0v) is 12.5. The Hall–Kier alpha value is -1.66. The van der Waals surface area contributed by atoms with E-state index < -0.39 is 5.97 Å². The number of fused-ring (bicyclic) bond motifs is 1. The SMILES string of the molecule is O=C(O)CCOC1CCN(c2nccc3sccc23)CC1. The van der Waals surface area contributed by atoms with Gasteiger partial charge in [-0.3, -0.25) is 4.79 Å². The maximum atomic E-state index is 10.5. The van der Waals surface area contributed by atoms with Crippen molar-refractivity contribution in [3.8, 4) is 0 Å². The van der Waals surface area contributed by atoms with Crippen molar-refractivity contribution in [1.29, 1.82) is 0 Å². The third-order valence-corrected chi connectivity index (χ3v) is 4.65. The minimum atomic E-state index is -0.805. The second kappa shape index (κ2) is 6.41. The van der Waals surface area contributed by atoms with Crippen LogP contribution < -0.4 is 4.90 Å². The first-order valence-corrected chi connectivity index (χ1v) is 8.02. The summed E-state index contributed by atoms with van der Waals surface area (Å²) in [6, 6.07) is 4.17. The molecule has 1 fully saturated rings. The molecule has 1 N–H and O–H groups in total. The molecule has 0 atom stereocenters. The zero-order chi connectivity index (χ0) is 14.7. The van der Waals surface area contributed by atoms with Crippen molar-refractivity contribution in [3.05, 3.63) is 23.7 Å². The number of carbonyl (C=O) groups is 1. The summed E-state index contributed by atoms with van der Waals surface area (Å²) in [5.74, 6) is 0.249. The first-order valence-electron chi connectivity index (χ1n) is 7.14. The van der Waals surface area contributed by atoms with Crippen molar-refractivity contribution in [2.75, 3.05) is 24.6 Å². The summed E-state index contributed by atoms with van der Waals surface area (Å²) in [5.41, 5.74) is 0. The van der Waals surface area contributed by atoms with Gasteiger partial charge >= 0.3 is 5.97 Å². The summed E-state index contributed by atoms with van der Waals surface area (Å²) in [5, 5.41) is 11.9. The van der Waals surface area contributed by atoms with Crippen molar-refractivity contribution in [1.82, 2.24) is 4.98 Å². The number of hydrogen-bond acceptors (Lipinski definition) is 5. The quantitative estimate of drug-likeness (QED) is 0.920. The molecule has 0 aliphatic carbocycles. The number of carboxylic acids is 1. The topological polar surface area (TPSA) is 62.7 Å². The third kappa shape index (κ3) is 3.33. The molecule has 0 amide bonds. The number of ether oxygens (including phenoxy) is 1. The largest absolute Gasteiger partial charge is 0.481 e. The molecule has 6 heteroatoms. The normalized spacial score (nSPS) is 16.5. The number of thiophene rings is 1. The molecule has 112 valence electrons. The fourth-order valence-electron chi connectivity index (χ4n) is 2.68. The fraction of sp³-hybridized carbons (Fsp3) is 0.467. The van der Waals surface area contributed by atoms with Crippen LogP contribution in [0.25, 0.3) is 10.1 Å². The monoisotopic (exact) mass is 306 g/mol. The number of carboxylic acid groups (broad SMARTS) is 1. The second-order valence-corrected chi connectivity index (χ2v) is 6.12. The lowest BCUT2D eigenvalue weighted by atomic mass is 10.1. The number of aromatic nitrogens is 1. The highest BCUT2D eigenvalue weighted by atomic mass is 32.1. The summed E-state index contributed by atoms with van der Waals surface area (Å²) < 4.78 is 6.89. The first-order chi connectivity index (χ1) is 10.2. The molecule has 5 nitrogen and oxygen atoms in total. The molecular weight excluding hydrogens is 288 g/mol. The van der Waals surface area contributed by atoms with Gasteiger partial charge < -0.3 is 14.7 Å². The molecule has 0 unspecified atom stereocenters. The fourth-order valence-corrected chi connectivity index (χ4v) is 3.46. The second-order valence-electron chi connectivity index (χ2n) is 5.17. The molecule has 0 aromatic carbocycles. The van der Waals surface area contributed by atoms with Crippen LogP contribution in [0, 0.1) is 0 Å². The number of hydrogen-bond donors (Lipinski definition) is 1. The average molecular weight is 306 g/mol. The molecule has 1 saturated heterocycles. The third-order valence-electron chi connectivity index (χ3n) is 3.77. The van der Waals surface area contributed by atoms with Gasteiger partial charge in [-0.25, -0.2) is 4.98 Å². The molecule has 21 heavy (non-hydrogen) atoms. The lowest BCUT2D eigenvalue weighted by Gasteiger charge is -2.33. The van der Waals surface area contributed by atoms with Crippen LogP contribution in [0.5, 0.6) is 0 Å². The zero-order valence-electron chi connectivity index (χ0n) is 11.7. The van der Waals surface area contributed by atoms with Crippen LogP contribution in [0.3, 0.4) is 0 Å². The number of rotatable bonds is 5. The minimum absolute atomic E-state index is 0.0793. The van der Waals surface area contributed by atoms with Crippen LogP contribution >= 0.6 is 11.3 Å². The summed E-state index contributed by atoms with van der Waals surface area (Å²) in [7, 11) is 0. The average Bonchev–Trinajstić information content (AvgIpc) is 2.96. The maximum absolute atomic E-state index is 10.5. The Morgan fingerprint density at radius 3 is 3.00 bits per heavy atom. The van der Waals surface area contributed by atoms with Crippen LogP contribution in [0.2, 0.25) is 0 Å². The van der Waals surface area contributed by atoms with Crippen molar-refractivity contribution in [2.24, 2.45) is 0 Å². The minimum Gasteiger partial charge on any atom is -0.481 e. The molecule has 0 radical (unpaired) electrons. The van der Waals surface area contributed by atoms with Gasteiger partial charge in [0, 0.05) is 29.4 Å². The maximum Gasteiger partial charge on any atom is 0.305 e. The van der Waals surface area contributed by atoms with Crippen LogP contribution in [-0.4, -0.2) is 41.9 Å². The van der Waals surface area contributed by atoms with Gasteiger partial charge in [0.05, 0.1) is 19.1 Å². The van der Waals surface area contributed by atoms with Gasteiger partial charge in [-0.2, -0.15) is 0 Å². The summed E-state index contributed by atoms with van der Waals surface area (Å²) in [6.07, 6.45) is 3.95. The van der Waals surface area contributed by atoms with Crippen LogP contribution in [-0.2, 0) is 9.53 Å². The summed E-state index contributed by atoms with van der Waals surface area (Å²) in [4.78, 5) is 17.3. The molecule has 2 aromatic heterocycles. The number of nitrogens with zero attached hydrogens (tertiary/aromatic N) is 2. The Morgan fingerprint density at radius 1 is 1.43 bits per heavy atom. The Bertz CT molecular complexity index is 620. The first kappa shape index (κ1) is 14.3. The highest BCUT2D eigenvalue weighted by molar-refractivity contribution is 7.17. The van der Waals surface area contributed by atoms with E-state index >= 15 is 0 Å². The Kier molecular flexibility index (Phi) is 4.36. The van der Waals surface area contributed by atoms with Crippen LogP contribution in [0.15, 0.2) is 23.7 Å². The number of aliphatic carboxylic acids is 1. The Labute approximate surface area is 127 Å². The smallest absolute Gasteiger partial charge is 0.305 e. The Morgan fingerprint density at radius 2 is 2.24 bits per heavy atom. The van der Waals surface area contributed by atoms with E-state index in [9.17, 15) is 4.79 Å². The van der Waals surface area contributed by atoms with Crippen molar-refractivity contribution in [3.63, 3.8) is 0 Å². The molecule has 1 aliphatic rings. The van der Waals surface area contributed by atoms with Gasteiger partial charge in [-0.15, -0.1) is 11.3 Å². The van der Waals surface area contributed by atoms with E-state index in [0.717, 1.165) is 31.7 Å². The van der Waals surface area contributed by atoms with Crippen LogP contribution in [0.4, 0.5) is 5.82 Å². The predicted molar refractivity (Wildman–Crippen MR) is 83.1 cm³/mol.